The second kappa shape index (κ2) is 7.88. The van der Waals surface area contributed by atoms with E-state index in [2.05, 4.69) is 0 Å². The van der Waals surface area contributed by atoms with Crippen molar-refractivity contribution in [3.05, 3.63) is 53.3 Å². The molecule has 0 N–H and O–H groups in total. The molecule has 1 heterocycles. The minimum absolute atomic E-state index is 0.164. The summed E-state index contributed by atoms with van der Waals surface area (Å²) in [6, 6.07) is 10.2. The molecule has 0 atom stereocenters. The number of rotatable bonds is 7. The molecule has 5 nitrogen and oxygen atoms in total. The molecule has 0 amide bonds. The Bertz CT molecular complexity index is 759. The summed E-state index contributed by atoms with van der Waals surface area (Å²) >= 11 is 0. The lowest BCUT2D eigenvalue weighted by atomic mass is 10.1. The normalized spacial score (nSPS) is 12.1. The third-order valence-corrected chi connectivity index (χ3v) is 3.75. The molecule has 0 aromatic heterocycles. The fraction of sp³-hybridized carbons (Fsp3) is 0.316. The van der Waals surface area contributed by atoms with E-state index in [0.717, 1.165) is 11.1 Å². The first kappa shape index (κ1) is 17.1. The topological polar surface area (TPSA) is 54.0 Å². The molecule has 2 aromatic rings. The van der Waals surface area contributed by atoms with E-state index >= 15 is 0 Å². The molecule has 0 radical (unpaired) electrons. The molecular weight excluding hydrogens is 327 g/mol. The summed E-state index contributed by atoms with van der Waals surface area (Å²) in [4.78, 5) is 11.3. The summed E-state index contributed by atoms with van der Waals surface area (Å²) in [6.07, 6.45) is 0.656. The molecule has 0 fully saturated rings. The highest BCUT2D eigenvalue weighted by Crippen LogP contribution is 2.33. The highest BCUT2D eigenvalue weighted by Gasteiger charge is 2.14. The lowest BCUT2D eigenvalue weighted by Crippen LogP contribution is -2.05. The Labute approximate surface area is 145 Å². The van der Waals surface area contributed by atoms with Gasteiger partial charge in [0.1, 0.15) is 6.61 Å². The zero-order valence-corrected chi connectivity index (χ0v) is 13.9. The number of halogens is 1. The standard InChI is InChI=1S/C19H19FO5/c1-2-22-19(21)8-5-13-3-6-16(15(20)9-13)23-11-14-4-7-17-18(10-14)25-12-24-17/h3-4,6-7,9-10H,2,5,8,11-12H2,1H3. The molecule has 1 aliphatic heterocycles. The van der Waals surface area contributed by atoms with Crippen LogP contribution in [0.1, 0.15) is 24.5 Å². The maximum atomic E-state index is 14.2. The summed E-state index contributed by atoms with van der Waals surface area (Å²) in [5.74, 6) is 0.780. The molecule has 25 heavy (non-hydrogen) atoms. The van der Waals surface area contributed by atoms with Gasteiger partial charge in [0.2, 0.25) is 6.79 Å². The van der Waals surface area contributed by atoms with E-state index in [-0.39, 0.29) is 31.5 Å². The average Bonchev–Trinajstić information content (AvgIpc) is 3.07. The van der Waals surface area contributed by atoms with E-state index in [9.17, 15) is 9.18 Å². The Hall–Kier alpha value is -2.76. The number of fused-ring (bicyclic) bond motifs is 1. The Kier molecular flexibility index (Phi) is 5.38. The zero-order chi connectivity index (χ0) is 17.6. The van der Waals surface area contributed by atoms with Crippen LogP contribution in [0.5, 0.6) is 17.2 Å². The monoisotopic (exact) mass is 346 g/mol. The first-order chi connectivity index (χ1) is 12.2. The van der Waals surface area contributed by atoms with E-state index in [4.69, 9.17) is 18.9 Å². The van der Waals surface area contributed by atoms with Crippen molar-refractivity contribution < 1.29 is 28.1 Å². The number of ether oxygens (including phenoxy) is 4. The molecule has 2 aromatic carbocycles. The van der Waals surface area contributed by atoms with Crippen molar-refractivity contribution in [3.8, 4) is 17.2 Å². The van der Waals surface area contributed by atoms with Crippen LogP contribution in [-0.4, -0.2) is 19.4 Å². The molecule has 0 saturated carbocycles. The van der Waals surface area contributed by atoms with Crippen LogP contribution < -0.4 is 14.2 Å². The van der Waals surface area contributed by atoms with Gasteiger partial charge in [0.15, 0.2) is 23.1 Å². The fourth-order valence-corrected chi connectivity index (χ4v) is 2.49. The minimum atomic E-state index is -0.456. The summed E-state index contributed by atoms with van der Waals surface area (Å²) < 4.78 is 35.1. The van der Waals surface area contributed by atoms with Crippen LogP contribution in [0.4, 0.5) is 4.39 Å². The molecule has 1 aliphatic rings. The van der Waals surface area contributed by atoms with Gasteiger partial charge < -0.3 is 18.9 Å². The average molecular weight is 346 g/mol. The van der Waals surface area contributed by atoms with Crippen molar-refractivity contribution in [3.63, 3.8) is 0 Å². The lowest BCUT2D eigenvalue weighted by molar-refractivity contribution is -0.143. The van der Waals surface area contributed by atoms with Crippen molar-refractivity contribution in [2.24, 2.45) is 0 Å². The van der Waals surface area contributed by atoms with E-state index in [0.29, 0.717) is 24.5 Å². The molecule has 0 spiro atoms. The molecule has 0 bridgehead atoms. The van der Waals surface area contributed by atoms with Crippen LogP contribution in [0.3, 0.4) is 0 Å². The van der Waals surface area contributed by atoms with Crippen molar-refractivity contribution in [2.75, 3.05) is 13.4 Å². The Morgan fingerprint density at radius 1 is 1.12 bits per heavy atom. The number of carbonyl (C=O) groups excluding carboxylic acids is 1. The molecule has 3 rings (SSSR count). The number of esters is 1. The summed E-state index contributed by atoms with van der Waals surface area (Å²) in [5.41, 5.74) is 1.58. The van der Waals surface area contributed by atoms with Gasteiger partial charge in [-0.3, -0.25) is 4.79 Å². The third-order valence-electron chi connectivity index (χ3n) is 3.75. The second-order valence-corrected chi connectivity index (χ2v) is 5.55. The molecule has 0 aliphatic carbocycles. The Balaban J connectivity index is 1.57. The Morgan fingerprint density at radius 3 is 2.72 bits per heavy atom. The van der Waals surface area contributed by atoms with Gasteiger partial charge >= 0.3 is 5.97 Å². The first-order valence-corrected chi connectivity index (χ1v) is 8.11. The van der Waals surface area contributed by atoms with Crippen molar-refractivity contribution >= 4 is 5.97 Å². The van der Waals surface area contributed by atoms with E-state index in [1.165, 1.54) is 6.07 Å². The molecule has 0 saturated heterocycles. The number of hydrogen-bond acceptors (Lipinski definition) is 5. The van der Waals surface area contributed by atoms with Crippen molar-refractivity contribution in [1.82, 2.24) is 0 Å². The minimum Gasteiger partial charge on any atom is -0.486 e. The predicted molar refractivity (Wildman–Crippen MR) is 88.3 cm³/mol. The van der Waals surface area contributed by atoms with E-state index in [1.54, 1.807) is 25.1 Å². The number of carbonyl (C=O) groups is 1. The van der Waals surface area contributed by atoms with Crippen LogP contribution in [0.2, 0.25) is 0 Å². The summed E-state index contributed by atoms with van der Waals surface area (Å²) in [5, 5.41) is 0. The number of benzene rings is 2. The summed E-state index contributed by atoms with van der Waals surface area (Å²) in [6.45, 7) is 2.53. The van der Waals surface area contributed by atoms with E-state index in [1.807, 2.05) is 12.1 Å². The smallest absolute Gasteiger partial charge is 0.306 e. The quantitative estimate of drug-likeness (QED) is 0.717. The first-order valence-electron chi connectivity index (χ1n) is 8.11. The van der Waals surface area contributed by atoms with Gasteiger partial charge in [-0.2, -0.15) is 0 Å². The highest BCUT2D eigenvalue weighted by molar-refractivity contribution is 5.69. The zero-order valence-electron chi connectivity index (χ0n) is 13.9. The van der Waals surface area contributed by atoms with Crippen LogP contribution in [0.15, 0.2) is 36.4 Å². The van der Waals surface area contributed by atoms with Gasteiger partial charge in [-0.15, -0.1) is 0 Å². The maximum absolute atomic E-state index is 14.2. The molecule has 0 unspecified atom stereocenters. The Morgan fingerprint density at radius 2 is 1.92 bits per heavy atom. The molecule has 6 heteroatoms. The highest BCUT2D eigenvalue weighted by atomic mass is 19.1. The van der Waals surface area contributed by atoms with E-state index < -0.39 is 5.82 Å². The van der Waals surface area contributed by atoms with Crippen molar-refractivity contribution in [1.29, 1.82) is 0 Å². The maximum Gasteiger partial charge on any atom is 0.306 e. The SMILES string of the molecule is CCOC(=O)CCc1ccc(OCc2ccc3c(c2)OCO3)c(F)c1. The lowest BCUT2D eigenvalue weighted by Gasteiger charge is -2.09. The van der Waals surface area contributed by atoms with Crippen LogP contribution in [0.25, 0.3) is 0 Å². The van der Waals surface area contributed by atoms with Gasteiger partial charge in [-0.25, -0.2) is 4.39 Å². The summed E-state index contributed by atoms with van der Waals surface area (Å²) in [7, 11) is 0. The van der Waals surface area contributed by atoms with Gasteiger partial charge in [0.25, 0.3) is 0 Å². The third kappa shape index (κ3) is 4.41. The van der Waals surface area contributed by atoms with Gasteiger partial charge in [0, 0.05) is 6.42 Å². The van der Waals surface area contributed by atoms with Crippen LogP contribution in [-0.2, 0) is 22.6 Å². The van der Waals surface area contributed by atoms with Crippen molar-refractivity contribution in [2.45, 2.75) is 26.4 Å². The molecular formula is C19H19FO5. The van der Waals surface area contributed by atoms with Crippen LogP contribution in [0, 0.1) is 5.82 Å². The van der Waals surface area contributed by atoms with Gasteiger partial charge in [-0.05, 0) is 48.7 Å². The van der Waals surface area contributed by atoms with Gasteiger partial charge in [0.05, 0.1) is 6.61 Å². The molecule has 132 valence electrons. The number of hydrogen-bond donors (Lipinski definition) is 0. The fourth-order valence-electron chi connectivity index (χ4n) is 2.49. The largest absolute Gasteiger partial charge is 0.486 e. The predicted octanol–water partition coefficient (Wildman–Crippen LogP) is 3.63. The van der Waals surface area contributed by atoms with Gasteiger partial charge in [-0.1, -0.05) is 12.1 Å². The number of aryl methyl sites for hydroxylation is 1. The van der Waals surface area contributed by atoms with Crippen LogP contribution >= 0.6 is 0 Å². The second-order valence-electron chi connectivity index (χ2n) is 5.55.